The summed E-state index contributed by atoms with van der Waals surface area (Å²) in [5.41, 5.74) is 1.57. The number of rotatable bonds is 3. The molecule has 0 saturated carbocycles. The molecule has 0 aliphatic carbocycles. The summed E-state index contributed by atoms with van der Waals surface area (Å²) in [6, 6.07) is 9.75. The van der Waals surface area contributed by atoms with Crippen LogP contribution >= 0.6 is 0 Å². The lowest BCUT2D eigenvalue weighted by Crippen LogP contribution is -2.30. The van der Waals surface area contributed by atoms with Crippen LogP contribution < -0.4 is 0 Å². The topological polar surface area (TPSA) is 79.7 Å². The Hall–Kier alpha value is -2.96. The molecule has 2 aromatic heterocycles. The van der Waals surface area contributed by atoms with Gasteiger partial charge in [-0.25, -0.2) is 4.98 Å². The van der Waals surface area contributed by atoms with Gasteiger partial charge in [0.2, 0.25) is 0 Å². The highest BCUT2D eigenvalue weighted by atomic mass is 16.2. The molecule has 1 aromatic carbocycles. The van der Waals surface area contributed by atoms with Crippen LogP contribution in [0, 0.1) is 0 Å². The van der Waals surface area contributed by atoms with Gasteiger partial charge in [0.1, 0.15) is 5.82 Å². The molecular formula is C17H18N6O. The van der Waals surface area contributed by atoms with Gasteiger partial charge in [-0.1, -0.05) is 30.3 Å². The molecule has 3 heterocycles. The zero-order chi connectivity index (χ0) is 16.5. The second-order valence-electron chi connectivity index (χ2n) is 5.97. The number of hydrogen-bond acceptors (Lipinski definition) is 4. The van der Waals surface area contributed by atoms with Crippen LogP contribution in [0.2, 0.25) is 0 Å². The van der Waals surface area contributed by atoms with Crippen molar-refractivity contribution >= 4 is 5.91 Å². The summed E-state index contributed by atoms with van der Waals surface area (Å²) in [4.78, 5) is 19.2. The van der Waals surface area contributed by atoms with Crippen molar-refractivity contribution in [1.82, 2.24) is 29.9 Å². The number of carbonyl (C=O) groups excluding carboxylic acids is 1. The first-order valence-electron chi connectivity index (χ1n) is 8.00. The van der Waals surface area contributed by atoms with Gasteiger partial charge in [0.05, 0.1) is 17.8 Å². The maximum Gasteiger partial charge on any atom is 0.257 e. The van der Waals surface area contributed by atoms with Crippen molar-refractivity contribution in [3.8, 4) is 11.4 Å². The van der Waals surface area contributed by atoms with Crippen LogP contribution in [0.1, 0.15) is 35.1 Å². The van der Waals surface area contributed by atoms with Crippen molar-refractivity contribution < 1.29 is 4.79 Å². The second-order valence-corrected chi connectivity index (χ2v) is 5.97. The summed E-state index contributed by atoms with van der Waals surface area (Å²) < 4.78 is 1.64. The number of hydrogen-bond donors (Lipinski definition) is 1. The quantitative estimate of drug-likeness (QED) is 0.801. The van der Waals surface area contributed by atoms with E-state index in [2.05, 4.69) is 20.3 Å². The van der Waals surface area contributed by atoms with Crippen LogP contribution in [0.5, 0.6) is 0 Å². The molecule has 1 saturated heterocycles. The van der Waals surface area contributed by atoms with Gasteiger partial charge in [0, 0.05) is 25.4 Å². The van der Waals surface area contributed by atoms with Gasteiger partial charge < -0.3 is 4.90 Å². The molecule has 1 fully saturated rings. The van der Waals surface area contributed by atoms with Crippen LogP contribution in [-0.2, 0) is 7.05 Å². The Kier molecular flexibility index (Phi) is 3.60. The maximum absolute atomic E-state index is 12.7. The van der Waals surface area contributed by atoms with Gasteiger partial charge in [-0.3, -0.25) is 14.6 Å². The number of aryl methyl sites for hydroxylation is 1. The van der Waals surface area contributed by atoms with Gasteiger partial charge in [0.25, 0.3) is 5.91 Å². The van der Waals surface area contributed by atoms with Crippen LogP contribution in [0.15, 0.2) is 42.7 Å². The fourth-order valence-corrected chi connectivity index (χ4v) is 3.13. The molecule has 0 spiro atoms. The van der Waals surface area contributed by atoms with Crippen LogP contribution in [0.3, 0.4) is 0 Å². The fourth-order valence-electron chi connectivity index (χ4n) is 3.13. The zero-order valence-corrected chi connectivity index (χ0v) is 13.4. The first kappa shape index (κ1) is 14.6. The predicted molar refractivity (Wildman–Crippen MR) is 88.0 cm³/mol. The Labute approximate surface area is 139 Å². The van der Waals surface area contributed by atoms with Crippen molar-refractivity contribution in [2.75, 3.05) is 6.54 Å². The average molecular weight is 322 g/mol. The number of nitrogens with zero attached hydrogens (tertiary/aromatic N) is 5. The van der Waals surface area contributed by atoms with Crippen molar-refractivity contribution in [3.63, 3.8) is 0 Å². The van der Waals surface area contributed by atoms with Crippen LogP contribution in [0.25, 0.3) is 11.4 Å². The minimum Gasteiger partial charge on any atom is -0.328 e. The smallest absolute Gasteiger partial charge is 0.257 e. The summed E-state index contributed by atoms with van der Waals surface area (Å²) in [7, 11) is 1.81. The first-order chi connectivity index (χ1) is 11.7. The molecule has 1 amide bonds. The Morgan fingerprint density at radius 3 is 2.88 bits per heavy atom. The summed E-state index contributed by atoms with van der Waals surface area (Å²) >= 11 is 0. The predicted octanol–water partition coefficient (Wildman–Crippen LogP) is 2.18. The molecule has 1 N–H and O–H groups in total. The number of nitrogens with one attached hydrogen (secondary N) is 1. The Morgan fingerprint density at radius 2 is 2.12 bits per heavy atom. The highest BCUT2D eigenvalue weighted by molar-refractivity contribution is 5.94. The Balaban J connectivity index is 1.59. The van der Waals surface area contributed by atoms with E-state index in [9.17, 15) is 4.79 Å². The van der Waals surface area contributed by atoms with Gasteiger partial charge in [-0.05, 0) is 12.8 Å². The standard InChI is InChI=1S/C17H18N6O/c1-22-11-13(10-18-22)17(24)23-9-5-8-14(23)16-19-15(20-21-16)12-6-3-2-4-7-12/h2-4,6-7,10-11,14H,5,8-9H2,1H3,(H,19,20,21)/t14-/m1/s1. The molecule has 122 valence electrons. The lowest BCUT2D eigenvalue weighted by Gasteiger charge is -2.22. The Morgan fingerprint density at radius 1 is 1.29 bits per heavy atom. The molecule has 7 nitrogen and oxygen atoms in total. The molecule has 3 aromatic rings. The van der Waals surface area contributed by atoms with Crippen LogP contribution in [-0.4, -0.2) is 42.3 Å². The molecule has 24 heavy (non-hydrogen) atoms. The van der Waals surface area contributed by atoms with E-state index >= 15 is 0 Å². The van der Waals surface area contributed by atoms with E-state index in [-0.39, 0.29) is 11.9 Å². The SMILES string of the molecule is Cn1cc(C(=O)N2CCC[C@@H]2c2nc(-c3ccccc3)n[nH]2)cn1. The van der Waals surface area contributed by atoms with E-state index in [0.717, 1.165) is 30.8 Å². The molecule has 1 atom stereocenters. The minimum absolute atomic E-state index is 0.0109. The summed E-state index contributed by atoms with van der Waals surface area (Å²) in [6.45, 7) is 0.722. The summed E-state index contributed by atoms with van der Waals surface area (Å²) in [5, 5.41) is 11.4. The van der Waals surface area contributed by atoms with Gasteiger partial charge in [-0.15, -0.1) is 0 Å². The molecule has 0 bridgehead atoms. The van der Waals surface area contributed by atoms with Gasteiger partial charge >= 0.3 is 0 Å². The van der Waals surface area contributed by atoms with Crippen molar-refractivity contribution in [2.24, 2.45) is 7.05 Å². The second kappa shape index (κ2) is 5.92. The van der Waals surface area contributed by atoms with E-state index < -0.39 is 0 Å². The summed E-state index contributed by atoms with van der Waals surface area (Å²) in [6.07, 6.45) is 5.19. The van der Waals surface area contributed by atoms with E-state index in [1.54, 1.807) is 24.1 Å². The minimum atomic E-state index is -0.0670. The molecule has 1 aliphatic heterocycles. The fraction of sp³-hybridized carbons (Fsp3) is 0.294. The number of aromatic nitrogens is 5. The highest BCUT2D eigenvalue weighted by Gasteiger charge is 2.33. The summed E-state index contributed by atoms with van der Waals surface area (Å²) in [5.74, 6) is 1.39. The van der Waals surface area contributed by atoms with E-state index in [0.29, 0.717) is 11.4 Å². The molecule has 7 heteroatoms. The van der Waals surface area contributed by atoms with Crippen molar-refractivity contribution in [1.29, 1.82) is 0 Å². The van der Waals surface area contributed by atoms with E-state index in [1.165, 1.54) is 0 Å². The number of carbonyl (C=O) groups is 1. The van der Waals surface area contributed by atoms with Crippen molar-refractivity contribution in [3.05, 3.63) is 54.1 Å². The van der Waals surface area contributed by atoms with E-state index in [4.69, 9.17) is 0 Å². The number of benzene rings is 1. The molecule has 4 rings (SSSR count). The molecule has 0 radical (unpaired) electrons. The molecule has 0 unspecified atom stereocenters. The lowest BCUT2D eigenvalue weighted by atomic mass is 10.2. The third-order valence-electron chi connectivity index (χ3n) is 4.32. The maximum atomic E-state index is 12.7. The number of likely N-dealkylation sites (tertiary alicyclic amines) is 1. The van der Waals surface area contributed by atoms with Crippen molar-refractivity contribution in [2.45, 2.75) is 18.9 Å². The largest absolute Gasteiger partial charge is 0.328 e. The lowest BCUT2D eigenvalue weighted by molar-refractivity contribution is 0.0730. The first-order valence-corrected chi connectivity index (χ1v) is 8.00. The number of aromatic amines is 1. The molecule has 1 aliphatic rings. The third kappa shape index (κ3) is 2.58. The molecular weight excluding hydrogens is 304 g/mol. The monoisotopic (exact) mass is 322 g/mol. The highest BCUT2D eigenvalue weighted by Crippen LogP contribution is 2.32. The third-order valence-corrected chi connectivity index (χ3v) is 4.32. The van der Waals surface area contributed by atoms with E-state index in [1.807, 2.05) is 35.2 Å². The normalized spacial score (nSPS) is 17.4. The van der Waals surface area contributed by atoms with Gasteiger partial charge in [0.15, 0.2) is 5.82 Å². The number of amides is 1. The number of H-pyrrole nitrogens is 1. The van der Waals surface area contributed by atoms with Gasteiger partial charge in [-0.2, -0.15) is 10.2 Å². The van der Waals surface area contributed by atoms with Crippen LogP contribution in [0.4, 0.5) is 0 Å². The zero-order valence-electron chi connectivity index (χ0n) is 13.4. The Bertz CT molecular complexity index is 853. The average Bonchev–Trinajstić information content (AvgIpc) is 3.34.